The van der Waals surface area contributed by atoms with Gasteiger partial charge in [-0.3, -0.25) is 9.97 Å². The zero-order valence-electron chi connectivity index (χ0n) is 23.8. The lowest BCUT2D eigenvalue weighted by molar-refractivity contribution is 1.18. The average Bonchev–Trinajstić information content (AvgIpc) is 3.11. The molecule has 0 saturated heterocycles. The normalized spacial score (nSPS) is 11.2. The Kier molecular flexibility index (Phi) is 6.43. The molecule has 4 nitrogen and oxygen atoms in total. The van der Waals surface area contributed by atoms with Crippen molar-refractivity contribution in [2.75, 3.05) is 0 Å². The molecule has 0 saturated carbocycles. The van der Waals surface area contributed by atoms with Crippen LogP contribution in [0.3, 0.4) is 0 Å². The number of rotatable bonds is 5. The van der Waals surface area contributed by atoms with Crippen molar-refractivity contribution in [3.05, 3.63) is 158 Å². The molecule has 3 aromatic heterocycles. The van der Waals surface area contributed by atoms with Gasteiger partial charge in [-0.25, -0.2) is 9.97 Å². The van der Waals surface area contributed by atoms with Crippen molar-refractivity contribution in [2.24, 2.45) is 0 Å². The van der Waals surface area contributed by atoms with Crippen molar-refractivity contribution < 1.29 is 0 Å². The fraction of sp³-hybridized carbons (Fsp3) is 0. The molecular formula is C40H26N4. The molecule has 0 unspecified atom stereocenters. The molecule has 0 N–H and O–H groups in total. The Labute approximate surface area is 255 Å². The Bertz CT molecular complexity index is 2120. The van der Waals surface area contributed by atoms with Crippen LogP contribution in [0.2, 0.25) is 0 Å². The first kappa shape index (κ1) is 25.7. The Morgan fingerprint density at radius 1 is 0.295 bits per heavy atom. The van der Waals surface area contributed by atoms with E-state index in [0.717, 1.165) is 50.3 Å². The van der Waals surface area contributed by atoms with E-state index in [-0.39, 0.29) is 0 Å². The molecule has 0 fully saturated rings. The van der Waals surface area contributed by atoms with Gasteiger partial charge in [0.2, 0.25) is 0 Å². The molecule has 3 heterocycles. The highest BCUT2D eigenvalue weighted by atomic mass is 14.9. The summed E-state index contributed by atoms with van der Waals surface area (Å²) in [6.45, 7) is 0. The van der Waals surface area contributed by atoms with Crippen molar-refractivity contribution in [1.82, 2.24) is 19.9 Å². The van der Waals surface area contributed by atoms with Crippen LogP contribution in [0.25, 0.3) is 77.7 Å². The van der Waals surface area contributed by atoms with Crippen molar-refractivity contribution in [3.63, 3.8) is 0 Å². The highest BCUT2D eigenvalue weighted by molar-refractivity contribution is 5.90. The summed E-state index contributed by atoms with van der Waals surface area (Å²) in [5.74, 6) is 0.671. The molecular weight excluding hydrogens is 536 g/mol. The number of aromatic nitrogens is 4. The lowest BCUT2D eigenvalue weighted by Gasteiger charge is -2.13. The van der Waals surface area contributed by atoms with Crippen LogP contribution in [0.5, 0.6) is 0 Å². The van der Waals surface area contributed by atoms with E-state index < -0.39 is 0 Å². The quantitative estimate of drug-likeness (QED) is 0.209. The second kappa shape index (κ2) is 11.0. The molecule has 44 heavy (non-hydrogen) atoms. The van der Waals surface area contributed by atoms with E-state index in [2.05, 4.69) is 119 Å². The zero-order chi connectivity index (χ0) is 29.3. The number of nitrogens with zero attached hydrogens (tertiary/aromatic N) is 4. The first-order chi connectivity index (χ1) is 21.8. The SMILES string of the molecule is c1ccc2cc(-c3cc(-c4ccc5ccccc5c4)nc(-c4cc(-c5ccncc5)cc(-c5ccncc5)c4)n3)ccc2c1. The molecule has 0 spiro atoms. The largest absolute Gasteiger partial charge is 0.265 e. The Hall–Kier alpha value is -6.00. The van der Waals surface area contributed by atoms with Crippen molar-refractivity contribution in [3.8, 4) is 56.2 Å². The van der Waals surface area contributed by atoms with Crippen molar-refractivity contribution >= 4 is 21.5 Å². The number of pyridine rings is 2. The second-order valence-electron chi connectivity index (χ2n) is 10.9. The van der Waals surface area contributed by atoms with Gasteiger partial charge in [-0.15, -0.1) is 0 Å². The van der Waals surface area contributed by atoms with E-state index in [1.165, 1.54) is 21.5 Å². The van der Waals surface area contributed by atoms with Gasteiger partial charge in [0, 0.05) is 41.5 Å². The number of benzene rings is 5. The minimum atomic E-state index is 0.671. The molecule has 206 valence electrons. The number of fused-ring (bicyclic) bond motifs is 2. The molecule has 8 aromatic rings. The van der Waals surface area contributed by atoms with Crippen molar-refractivity contribution in [2.45, 2.75) is 0 Å². The van der Waals surface area contributed by atoms with E-state index in [1.54, 1.807) is 0 Å². The van der Waals surface area contributed by atoms with Crippen LogP contribution < -0.4 is 0 Å². The molecule has 0 amide bonds. The zero-order valence-corrected chi connectivity index (χ0v) is 23.8. The van der Waals surface area contributed by atoms with Gasteiger partial charge in [-0.1, -0.05) is 72.8 Å². The lowest BCUT2D eigenvalue weighted by atomic mass is 9.96. The Balaban J connectivity index is 1.36. The average molecular weight is 563 g/mol. The molecule has 0 aliphatic heterocycles. The summed E-state index contributed by atoms with van der Waals surface area (Å²) in [4.78, 5) is 18.9. The summed E-state index contributed by atoms with van der Waals surface area (Å²) in [5.41, 5.74) is 9.11. The maximum absolute atomic E-state index is 5.20. The maximum atomic E-state index is 5.20. The fourth-order valence-corrected chi connectivity index (χ4v) is 5.75. The van der Waals surface area contributed by atoms with Crippen LogP contribution in [0, 0.1) is 0 Å². The van der Waals surface area contributed by atoms with Gasteiger partial charge in [0.05, 0.1) is 11.4 Å². The summed E-state index contributed by atoms with van der Waals surface area (Å²) in [6, 6.07) is 46.6. The van der Waals surface area contributed by atoms with Gasteiger partial charge >= 0.3 is 0 Å². The smallest absolute Gasteiger partial charge is 0.160 e. The molecule has 4 heteroatoms. The van der Waals surface area contributed by atoms with Gasteiger partial charge in [0.25, 0.3) is 0 Å². The second-order valence-corrected chi connectivity index (χ2v) is 10.9. The summed E-state index contributed by atoms with van der Waals surface area (Å²) in [5, 5.41) is 4.76. The highest BCUT2D eigenvalue weighted by Gasteiger charge is 2.14. The Morgan fingerprint density at radius 2 is 0.727 bits per heavy atom. The molecule has 8 rings (SSSR count). The van der Waals surface area contributed by atoms with Crippen LogP contribution in [0.1, 0.15) is 0 Å². The maximum Gasteiger partial charge on any atom is 0.160 e. The van der Waals surface area contributed by atoms with Crippen molar-refractivity contribution in [1.29, 1.82) is 0 Å². The predicted molar refractivity (Wildman–Crippen MR) is 180 cm³/mol. The van der Waals surface area contributed by atoms with Crippen LogP contribution in [-0.4, -0.2) is 19.9 Å². The minimum Gasteiger partial charge on any atom is -0.265 e. The molecule has 0 aliphatic rings. The minimum absolute atomic E-state index is 0.671. The number of hydrogen-bond acceptors (Lipinski definition) is 4. The van der Waals surface area contributed by atoms with Crippen LogP contribution in [-0.2, 0) is 0 Å². The predicted octanol–water partition coefficient (Wildman–Crippen LogP) is 9.91. The standard InChI is InChI=1S/C40H26N4/c1-3-7-31-21-33(11-9-27(31)5-1)38-26-39(34-12-10-28-6-2-4-8-32(28)22-34)44-40(43-38)37-24-35(29-13-17-41-18-14-29)23-36(25-37)30-15-19-42-20-16-30/h1-26H. The summed E-state index contributed by atoms with van der Waals surface area (Å²) in [7, 11) is 0. The van der Waals surface area contributed by atoms with Crippen LogP contribution in [0.4, 0.5) is 0 Å². The fourth-order valence-electron chi connectivity index (χ4n) is 5.75. The first-order valence-corrected chi connectivity index (χ1v) is 14.6. The van der Waals surface area contributed by atoms with Gasteiger partial charge in [0.15, 0.2) is 5.82 Å². The summed E-state index contributed by atoms with van der Waals surface area (Å²) < 4.78 is 0. The molecule has 5 aromatic carbocycles. The van der Waals surface area contributed by atoms with E-state index in [0.29, 0.717) is 5.82 Å². The van der Waals surface area contributed by atoms with Gasteiger partial charge < -0.3 is 0 Å². The van der Waals surface area contributed by atoms with Gasteiger partial charge in [-0.2, -0.15) is 0 Å². The third-order valence-electron chi connectivity index (χ3n) is 8.04. The molecule has 0 aliphatic carbocycles. The Morgan fingerprint density at radius 3 is 1.20 bits per heavy atom. The lowest BCUT2D eigenvalue weighted by Crippen LogP contribution is -1.97. The molecule has 0 atom stereocenters. The summed E-state index contributed by atoms with van der Waals surface area (Å²) >= 11 is 0. The van der Waals surface area contributed by atoms with Gasteiger partial charge in [0.1, 0.15) is 0 Å². The van der Waals surface area contributed by atoms with E-state index in [1.807, 2.05) is 49.1 Å². The van der Waals surface area contributed by atoms with E-state index in [4.69, 9.17) is 9.97 Å². The van der Waals surface area contributed by atoms with E-state index in [9.17, 15) is 0 Å². The third kappa shape index (κ3) is 4.99. The molecule has 0 radical (unpaired) electrons. The monoisotopic (exact) mass is 562 g/mol. The topological polar surface area (TPSA) is 51.6 Å². The van der Waals surface area contributed by atoms with Crippen LogP contribution >= 0.6 is 0 Å². The first-order valence-electron chi connectivity index (χ1n) is 14.6. The highest BCUT2D eigenvalue weighted by Crippen LogP contribution is 2.35. The number of hydrogen-bond donors (Lipinski definition) is 0. The third-order valence-corrected chi connectivity index (χ3v) is 8.04. The van der Waals surface area contributed by atoms with Crippen LogP contribution in [0.15, 0.2) is 158 Å². The van der Waals surface area contributed by atoms with E-state index >= 15 is 0 Å². The summed E-state index contributed by atoms with van der Waals surface area (Å²) in [6.07, 6.45) is 7.29. The molecule has 0 bridgehead atoms. The van der Waals surface area contributed by atoms with Gasteiger partial charge in [-0.05, 0) is 104 Å².